The zero-order valence-corrected chi connectivity index (χ0v) is 14.5. The van der Waals surface area contributed by atoms with Crippen molar-refractivity contribution < 1.29 is 9.47 Å². The highest BCUT2D eigenvalue weighted by molar-refractivity contribution is 9.11. The van der Waals surface area contributed by atoms with Crippen molar-refractivity contribution >= 4 is 21.8 Å². The number of aliphatic imine (C=N–C) groups is 1. The van der Waals surface area contributed by atoms with Crippen LogP contribution in [0.4, 0.5) is 0 Å². The minimum Gasteiger partial charge on any atom is -0.497 e. The van der Waals surface area contributed by atoms with Crippen molar-refractivity contribution in [1.29, 1.82) is 0 Å². The smallest absolute Gasteiger partial charge is 0.171 e. The van der Waals surface area contributed by atoms with E-state index in [1.165, 1.54) is 0 Å². The largest absolute Gasteiger partial charge is 0.497 e. The van der Waals surface area contributed by atoms with Crippen molar-refractivity contribution in [2.45, 2.75) is 32.5 Å². The number of fused-ring (bicyclic) bond motifs is 1. The molecule has 22 heavy (non-hydrogen) atoms. The number of halogens is 1. The number of nitrogens with zero attached hydrogens (tertiary/aromatic N) is 2. The lowest BCUT2D eigenvalue weighted by molar-refractivity contribution is 0.211. The minimum absolute atomic E-state index is 0.262. The van der Waals surface area contributed by atoms with Gasteiger partial charge in [0.25, 0.3) is 0 Å². The van der Waals surface area contributed by atoms with Crippen molar-refractivity contribution in [3.63, 3.8) is 0 Å². The Bertz CT molecular complexity index is 649. The first-order chi connectivity index (χ1) is 10.6. The molecular formula is C17H19BrN2O2. The molecule has 1 aromatic rings. The lowest BCUT2D eigenvalue weighted by atomic mass is 10.2. The van der Waals surface area contributed by atoms with Crippen LogP contribution in [-0.2, 0) is 11.3 Å². The quantitative estimate of drug-likeness (QED) is 0.815. The summed E-state index contributed by atoms with van der Waals surface area (Å²) in [7, 11) is 1.66. The Hall–Kier alpha value is -1.75. The van der Waals surface area contributed by atoms with Crippen LogP contribution in [0.3, 0.4) is 0 Å². The fraction of sp³-hybridized carbons (Fsp3) is 0.353. The predicted octanol–water partition coefficient (Wildman–Crippen LogP) is 3.84. The molecular weight excluding hydrogens is 344 g/mol. The lowest BCUT2D eigenvalue weighted by Gasteiger charge is -2.27. The van der Waals surface area contributed by atoms with E-state index < -0.39 is 0 Å². The summed E-state index contributed by atoms with van der Waals surface area (Å²) in [5.74, 6) is 2.57. The zero-order chi connectivity index (χ0) is 15.7. The Morgan fingerprint density at radius 3 is 2.64 bits per heavy atom. The third-order valence-corrected chi connectivity index (χ3v) is 4.45. The molecule has 2 heterocycles. The molecule has 2 atom stereocenters. The molecule has 0 saturated heterocycles. The molecule has 2 aliphatic heterocycles. The number of allylic oxidation sites excluding steroid dienone is 2. The van der Waals surface area contributed by atoms with Gasteiger partial charge >= 0.3 is 0 Å². The van der Waals surface area contributed by atoms with Gasteiger partial charge in [0.05, 0.1) is 19.2 Å². The van der Waals surface area contributed by atoms with Crippen LogP contribution < -0.4 is 4.74 Å². The summed E-state index contributed by atoms with van der Waals surface area (Å²) in [5, 5.41) is 0. The van der Waals surface area contributed by atoms with Crippen LogP contribution in [0.5, 0.6) is 5.75 Å². The molecule has 0 saturated carbocycles. The first kappa shape index (κ1) is 15.2. The molecule has 0 aromatic heterocycles. The summed E-state index contributed by atoms with van der Waals surface area (Å²) in [6.07, 6.45) is 4.04. The van der Waals surface area contributed by atoms with Gasteiger partial charge in [0.2, 0.25) is 0 Å². The van der Waals surface area contributed by atoms with E-state index in [0.29, 0.717) is 12.6 Å². The second kappa shape index (κ2) is 6.16. The monoisotopic (exact) mass is 362 g/mol. The number of ether oxygens (including phenoxy) is 2. The minimum atomic E-state index is 0.262. The van der Waals surface area contributed by atoms with Crippen molar-refractivity contribution in [1.82, 2.24) is 4.90 Å². The van der Waals surface area contributed by atoms with Crippen LogP contribution in [0.25, 0.3) is 0 Å². The first-order valence-corrected chi connectivity index (χ1v) is 8.09. The molecule has 3 rings (SSSR count). The predicted molar refractivity (Wildman–Crippen MR) is 91.1 cm³/mol. The molecule has 0 radical (unpaired) electrons. The molecule has 0 N–H and O–H groups in total. The van der Waals surface area contributed by atoms with E-state index in [-0.39, 0.29) is 6.04 Å². The third-order valence-electron chi connectivity index (χ3n) is 4.01. The van der Waals surface area contributed by atoms with Gasteiger partial charge in [-0.2, -0.15) is 0 Å². The molecule has 0 aliphatic carbocycles. The summed E-state index contributed by atoms with van der Waals surface area (Å²) >= 11 is 3.55. The van der Waals surface area contributed by atoms with Crippen molar-refractivity contribution in [2.75, 3.05) is 7.11 Å². The summed E-state index contributed by atoms with van der Waals surface area (Å²) in [4.78, 5) is 6.88. The Kier molecular flexibility index (Phi) is 4.25. The third kappa shape index (κ3) is 2.90. The summed E-state index contributed by atoms with van der Waals surface area (Å²) in [5.41, 5.74) is 1.10. The number of benzene rings is 1. The van der Waals surface area contributed by atoms with Crippen LogP contribution in [0.2, 0.25) is 0 Å². The second-order valence-corrected chi connectivity index (χ2v) is 6.42. The molecule has 0 spiro atoms. The number of hydrogen-bond acceptors (Lipinski definition) is 4. The summed E-state index contributed by atoms with van der Waals surface area (Å²) < 4.78 is 12.2. The summed E-state index contributed by atoms with van der Waals surface area (Å²) in [6, 6.07) is 8.49. The van der Waals surface area contributed by atoms with E-state index in [1.807, 2.05) is 30.3 Å². The number of rotatable bonds is 4. The lowest BCUT2D eigenvalue weighted by Crippen LogP contribution is -2.35. The van der Waals surface area contributed by atoms with Gasteiger partial charge in [0.15, 0.2) is 11.6 Å². The molecule has 2 aliphatic rings. The van der Waals surface area contributed by atoms with E-state index in [0.717, 1.165) is 27.4 Å². The van der Waals surface area contributed by atoms with Crippen LogP contribution >= 0.6 is 15.9 Å². The Balaban J connectivity index is 1.73. The highest BCUT2D eigenvalue weighted by Crippen LogP contribution is 2.30. The van der Waals surface area contributed by atoms with E-state index in [1.54, 1.807) is 7.11 Å². The van der Waals surface area contributed by atoms with Crippen molar-refractivity contribution in [3.05, 3.63) is 52.3 Å². The average Bonchev–Trinajstić information content (AvgIpc) is 2.81. The maximum absolute atomic E-state index is 6.00. The Morgan fingerprint density at radius 1 is 1.23 bits per heavy atom. The van der Waals surface area contributed by atoms with Crippen LogP contribution in [0.15, 0.2) is 51.8 Å². The highest BCUT2D eigenvalue weighted by Gasteiger charge is 2.33. The molecule has 1 aromatic carbocycles. The van der Waals surface area contributed by atoms with Crippen molar-refractivity contribution in [3.8, 4) is 5.75 Å². The van der Waals surface area contributed by atoms with Gasteiger partial charge in [-0.05, 0) is 53.5 Å². The molecule has 116 valence electrons. The second-order valence-electron chi connectivity index (χ2n) is 5.50. The van der Waals surface area contributed by atoms with Gasteiger partial charge in [-0.1, -0.05) is 12.1 Å². The van der Waals surface area contributed by atoms with Crippen molar-refractivity contribution in [2.24, 2.45) is 4.99 Å². The standard InChI is InChI=1S/C17H19BrN2O2/c1-11-12(2)20-9-14(18)8-16(17(20)19-11)22-10-13-4-6-15(21-3)7-5-13/h4-9,11-12H,10H2,1-3H3. The zero-order valence-electron chi connectivity index (χ0n) is 12.9. The van der Waals surface area contributed by atoms with Gasteiger partial charge in [0.1, 0.15) is 12.4 Å². The van der Waals surface area contributed by atoms with Gasteiger partial charge < -0.3 is 14.4 Å². The SMILES string of the molecule is COc1ccc(COC2=CC(Br)=CN3C2=NC(C)C3C)cc1. The number of hydrogen-bond donors (Lipinski definition) is 0. The highest BCUT2D eigenvalue weighted by atomic mass is 79.9. The van der Waals surface area contributed by atoms with Crippen LogP contribution in [0, 0.1) is 0 Å². The molecule has 2 unspecified atom stereocenters. The molecule has 4 nitrogen and oxygen atoms in total. The van der Waals surface area contributed by atoms with Crippen LogP contribution in [0.1, 0.15) is 19.4 Å². The Labute approximate surface area is 139 Å². The topological polar surface area (TPSA) is 34.1 Å². The maximum Gasteiger partial charge on any atom is 0.171 e. The molecule has 0 bridgehead atoms. The fourth-order valence-corrected chi connectivity index (χ4v) is 2.94. The normalized spacial score (nSPS) is 23.5. The number of methoxy groups -OCH3 is 1. The Morgan fingerprint density at radius 2 is 1.95 bits per heavy atom. The van der Waals surface area contributed by atoms with E-state index in [2.05, 4.69) is 40.9 Å². The first-order valence-electron chi connectivity index (χ1n) is 7.29. The van der Waals surface area contributed by atoms with E-state index >= 15 is 0 Å². The molecule has 0 fully saturated rings. The number of amidine groups is 1. The maximum atomic E-state index is 6.00. The van der Waals surface area contributed by atoms with Crippen LogP contribution in [-0.4, -0.2) is 29.9 Å². The van der Waals surface area contributed by atoms with Gasteiger partial charge in [-0.15, -0.1) is 0 Å². The van der Waals surface area contributed by atoms with E-state index in [9.17, 15) is 0 Å². The van der Waals surface area contributed by atoms with Gasteiger partial charge in [-0.25, -0.2) is 0 Å². The molecule has 0 amide bonds. The summed E-state index contributed by atoms with van der Waals surface area (Å²) in [6.45, 7) is 4.80. The van der Waals surface area contributed by atoms with E-state index in [4.69, 9.17) is 14.5 Å². The molecule has 5 heteroatoms. The van der Waals surface area contributed by atoms with Gasteiger partial charge in [-0.3, -0.25) is 4.99 Å². The van der Waals surface area contributed by atoms with Gasteiger partial charge in [0, 0.05) is 10.7 Å². The fourth-order valence-electron chi connectivity index (χ4n) is 2.51. The average molecular weight is 363 g/mol.